The zero-order chi connectivity index (χ0) is 10.2. The van der Waals surface area contributed by atoms with E-state index in [1.54, 1.807) is 0 Å². The lowest BCUT2D eigenvalue weighted by Gasteiger charge is -2.01. The molecule has 14 heavy (non-hydrogen) atoms. The quantitative estimate of drug-likeness (QED) is 0.720. The van der Waals surface area contributed by atoms with Crippen LogP contribution in [-0.2, 0) is 0 Å². The van der Waals surface area contributed by atoms with Gasteiger partial charge in [-0.3, -0.25) is 0 Å². The van der Waals surface area contributed by atoms with Crippen molar-refractivity contribution in [2.75, 3.05) is 6.61 Å². The molecule has 1 nitrogen and oxygen atoms in total. The van der Waals surface area contributed by atoms with Crippen molar-refractivity contribution in [1.29, 1.82) is 0 Å². The van der Waals surface area contributed by atoms with Crippen LogP contribution in [0.15, 0.2) is 48.6 Å². The van der Waals surface area contributed by atoms with E-state index in [0.29, 0.717) is 0 Å². The van der Waals surface area contributed by atoms with Crippen LogP contribution in [0.3, 0.4) is 0 Å². The molecule has 0 heterocycles. The van der Waals surface area contributed by atoms with Gasteiger partial charge in [-0.1, -0.05) is 54.6 Å². The molecule has 0 aliphatic rings. The maximum atomic E-state index is 9.03. The van der Waals surface area contributed by atoms with Crippen LogP contribution in [0, 0.1) is 5.92 Å². The number of rotatable bonds is 4. The summed E-state index contributed by atoms with van der Waals surface area (Å²) in [5, 5.41) is 9.03. The van der Waals surface area contributed by atoms with E-state index in [1.165, 1.54) is 0 Å². The summed E-state index contributed by atoms with van der Waals surface area (Å²) in [6.07, 6.45) is 7.98. The number of aliphatic hydroxyl groups excluding tert-OH is 1. The topological polar surface area (TPSA) is 20.2 Å². The smallest absolute Gasteiger partial charge is 0.0528 e. The monoisotopic (exact) mass is 188 g/mol. The fraction of sp³-hybridized carbons (Fsp3) is 0.231. The normalized spacial score (nSPS) is 13.9. The second-order valence-electron chi connectivity index (χ2n) is 3.14. The summed E-state index contributed by atoms with van der Waals surface area (Å²) in [7, 11) is 0. The number of hydrogen-bond donors (Lipinski definition) is 1. The van der Waals surface area contributed by atoms with E-state index in [-0.39, 0.29) is 12.5 Å². The first kappa shape index (κ1) is 10.7. The van der Waals surface area contributed by atoms with Crippen molar-refractivity contribution in [2.24, 2.45) is 5.92 Å². The van der Waals surface area contributed by atoms with Gasteiger partial charge in [0.15, 0.2) is 0 Å². The van der Waals surface area contributed by atoms with E-state index < -0.39 is 0 Å². The molecule has 1 aromatic rings. The summed E-state index contributed by atoms with van der Waals surface area (Å²) in [5.41, 5.74) is 1.16. The molecule has 1 aromatic carbocycles. The highest BCUT2D eigenvalue weighted by Gasteiger charge is 1.95. The Kier molecular flexibility index (Phi) is 4.73. The van der Waals surface area contributed by atoms with Crippen LogP contribution in [0.1, 0.15) is 12.5 Å². The molecule has 1 atom stereocenters. The van der Waals surface area contributed by atoms with E-state index in [4.69, 9.17) is 5.11 Å². The third kappa shape index (κ3) is 3.58. The van der Waals surface area contributed by atoms with Crippen molar-refractivity contribution in [2.45, 2.75) is 6.92 Å². The fourth-order valence-electron chi connectivity index (χ4n) is 1.23. The summed E-state index contributed by atoms with van der Waals surface area (Å²) in [5.74, 6) is 0.125. The molecule has 0 spiro atoms. The van der Waals surface area contributed by atoms with Gasteiger partial charge in [0.05, 0.1) is 6.61 Å². The molecule has 1 N–H and O–H groups in total. The van der Waals surface area contributed by atoms with Crippen LogP contribution >= 0.6 is 0 Å². The molecular weight excluding hydrogens is 172 g/mol. The molecule has 0 aliphatic carbocycles. The van der Waals surface area contributed by atoms with Gasteiger partial charge in [-0.2, -0.15) is 0 Å². The van der Waals surface area contributed by atoms with Crippen LogP contribution in [0.4, 0.5) is 0 Å². The second kappa shape index (κ2) is 6.17. The second-order valence-corrected chi connectivity index (χ2v) is 3.14. The summed E-state index contributed by atoms with van der Waals surface area (Å²) in [4.78, 5) is 0. The van der Waals surface area contributed by atoms with Crippen molar-refractivity contribution in [3.8, 4) is 0 Å². The predicted molar refractivity (Wildman–Crippen MR) is 60.9 cm³/mol. The lowest BCUT2D eigenvalue weighted by molar-refractivity contribution is 0.274. The van der Waals surface area contributed by atoms with Crippen LogP contribution < -0.4 is 0 Å². The third-order valence-electron chi connectivity index (χ3n) is 1.99. The molecule has 74 valence electrons. The first-order valence-corrected chi connectivity index (χ1v) is 4.83. The zero-order valence-electron chi connectivity index (χ0n) is 8.43. The molecule has 0 radical (unpaired) electrons. The molecule has 1 rings (SSSR count). The van der Waals surface area contributed by atoms with E-state index in [9.17, 15) is 0 Å². The third-order valence-corrected chi connectivity index (χ3v) is 1.99. The molecule has 1 heteroatoms. The minimum absolute atomic E-state index is 0.125. The van der Waals surface area contributed by atoms with E-state index in [0.717, 1.165) is 5.56 Å². The molecule has 0 amide bonds. The Balaban J connectivity index is 2.62. The van der Waals surface area contributed by atoms with Gasteiger partial charge >= 0.3 is 0 Å². The maximum Gasteiger partial charge on any atom is 0.0528 e. The van der Waals surface area contributed by atoms with Gasteiger partial charge in [-0.15, -0.1) is 0 Å². The van der Waals surface area contributed by atoms with E-state index in [1.807, 2.05) is 61.6 Å². The first-order valence-electron chi connectivity index (χ1n) is 4.83. The summed E-state index contributed by atoms with van der Waals surface area (Å²) in [6, 6.07) is 10.1. The van der Waals surface area contributed by atoms with Gasteiger partial charge in [0.25, 0.3) is 0 Å². The Labute approximate surface area is 85.4 Å². The van der Waals surface area contributed by atoms with Gasteiger partial charge in [0, 0.05) is 5.92 Å². The Hall–Kier alpha value is -1.34. The number of hydrogen-bond acceptors (Lipinski definition) is 1. The van der Waals surface area contributed by atoms with E-state index >= 15 is 0 Å². The largest absolute Gasteiger partial charge is 0.395 e. The van der Waals surface area contributed by atoms with Crippen LogP contribution in [0.2, 0.25) is 0 Å². The van der Waals surface area contributed by atoms with Gasteiger partial charge < -0.3 is 5.11 Å². The molecule has 1 unspecified atom stereocenters. The van der Waals surface area contributed by atoms with Crippen molar-refractivity contribution in [3.63, 3.8) is 0 Å². The zero-order valence-corrected chi connectivity index (χ0v) is 8.43. The average Bonchev–Trinajstić information content (AvgIpc) is 2.25. The standard InChI is InChI=1S/C13H16O/c1-2-6-13(11-14)10-9-12-7-4-3-5-8-12/h2-10,13-14H,11H2,1H3/b6-2-,10-9+. The minimum atomic E-state index is 0.125. The van der Waals surface area contributed by atoms with Gasteiger partial charge in [0.2, 0.25) is 0 Å². The SMILES string of the molecule is C/C=C\C(/C=C/c1ccccc1)CO. The van der Waals surface area contributed by atoms with E-state index in [2.05, 4.69) is 0 Å². The van der Waals surface area contributed by atoms with Crippen molar-refractivity contribution in [1.82, 2.24) is 0 Å². The molecule has 0 aromatic heterocycles. The first-order chi connectivity index (χ1) is 6.86. The summed E-state index contributed by atoms with van der Waals surface area (Å²) in [6.45, 7) is 2.12. The highest BCUT2D eigenvalue weighted by Crippen LogP contribution is 2.06. The Morgan fingerprint density at radius 2 is 1.93 bits per heavy atom. The van der Waals surface area contributed by atoms with Crippen LogP contribution in [0.25, 0.3) is 6.08 Å². The number of benzene rings is 1. The summed E-state index contributed by atoms with van der Waals surface area (Å²) < 4.78 is 0. The predicted octanol–water partition coefficient (Wildman–Crippen LogP) is 2.88. The van der Waals surface area contributed by atoms with Gasteiger partial charge in [0.1, 0.15) is 0 Å². The number of aliphatic hydroxyl groups is 1. The Bertz CT molecular complexity index is 298. The van der Waals surface area contributed by atoms with Crippen molar-refractivity contribution in [3.05, 3.63) is 54.1 Å². The fourth-order valence-corrected chi connectivity index (χ4v) is 1.23. The van der Waals surface area contributed by atoms with Crippen LogP contribution in [-0.4, -0.2) is 11.7 Å². The minimum Gasteiger partial charge on any atom is -0.395 e. The van der Waals surface area contributed by atoms with Crippen LogP contribution in [0.5, 0.6) is 0 Å². The molecule has 0 saturated heterocycles. The van der Waals surface area contributed by atoms with Crippen molar-refractivity contribution >= 4 is 6.08 Å². The maximum absolute atomic E-state index is 9.03. The molecule has 0 saturated carbocycles. The highest BCUT2D eigenvalue weighted by molar-refractivity contribution is 5.49. The Morgan fingerprint density at radius 3 is 2.50 bits per heavy atom. The lowest BCUT2D eigenvalue weighted by atomic mass is 10.1. The lowest BCUT2D eigenvalue weighted by Crippen LogP contribution is -1.97. The van der Waals surface area contributed by atoms with Gasteiger partial charge in [-0.25, -0.2) is 0 Å². The number of allylic oxidation sites excluding steroid dienone is 1. The molecule has 0 aliphatic heterocycles. The van der Waals surface area contributed by atoms with Gasteiger partial charge in [-0.05, 0) is 12.5 Å². The molecule has 0 fully saturated rings. The van der Waals surface area contributed by atoms with Crippen molar-refractivity contribution < 1.29 is 5.11 Å². The molecule has 0 bridgehead atoms. The average molecular weight is 188 g/mol. The highest BCUT2D eigenvalue weighted by atomic mass is 16.3. The molecular formula is C13H16O. The Morgan fingerprint density at radius 1 is 1.21 bits per heavy atom. The summed E-state index contributed by atoms with van der Waals surface area (Å²) >= 11 is 0.